The van der Waals surface area contributed by atoms with E-state index in [1.165, 1.54) is 25.7 Å². The number of hydrogen-bond acceptors (Lipinski definition) is 3. The molecular weight excluding hydrogens is 374 g/mol. The van der Waals surface area contributed by atoms with Gasteiger partial charge in [0.25, 0.3) is 0 Å². The van der Waals surface area contributed by atoms with E-state index in [1.807, 2.05) is 24.3 Å². The van der Waals surface area contributed by atoms with Crippen molar-refractivity contribution in [3.8, 4) is 5.75 Å². The molecule has 5 saturated carbocycles. The van der Waals surface area contributed by atoms with Gasteiger partial charge < -0.3 is 21.1 Å². The second-order valence-electron chi connectivity index (χ2n) is 11.7. The van der Waals surface area contributed by atoms with Crippen LogP contribution >= 0.6 is 0 Å². The molecule has 0 saturated heterocycles. The van der Waals surface area contributed by atoms with Crippen molar-refractivity contribution in [1.82, 2.24) is 10.6 Å². The van der Waals surface area contributed by atoms with Crippen molar-refractivity contribution in [2.75, 3.05) is 5.73 Å². The first-order chi connectivity index (χ1) is 14.2. The number of amides is 2. The topological polar surface area (TPSA) is 76.4 Å². The molecule has 2 unspecified atom stereocenters. The van der Waals surface area contributed by atoms with E-state index in [1.54, 1.807) is 0 Å². The fourth-order valence-corrected chi connectivity index (χ4v) is 8.11. The van der Waals surface area contributed by atoms with Crippen LogP contribution < -0.4 is 21.1 Å². The average molecular weight is 412 g/mol. The molecule has 5 fully saturated rings. The van der Waals surface area contributed by atoms with Gasteiger partial charge in [-0.2, -0.15) is 0 Å². The minimum absolute atomic E-state index is 0.0163. The zero-order valence-corrected chi connectivity index (χ0v) is 18.5. The summed E-state index contributed by atoms with van der Waals surface area (Å²) in [6.07, 6.45) is 11.6. The van der Waals surface area contributed by atoms with E-state index in [2.05, 4.69) is 24.5 Å². The lowest BCUT2D eigenvalue weighted by Gasteiger charge is -2.65. The maximum Gasteiger partial charge on any atom is 0.315 e. The molecule has 6 rings (SSSR count). The molecule has 5 heteroatoms. The molecule has 5 nitrogen and oxygen atoms in total. The summed E-state index contributed by atoms with van der Waals surface area (Å²) in [4.78, 5) is 12.9. The molecule has 0 spiro atoms. The number of hydrogen-bond donors (Lipinski definition) is 3. The number of carbonyl (C=O) groups is 1. The molecule has 0 aliphatic heterocycles. The van der Waals surface area contributed by atoms with Crippen LogP contribution in [0.25, 0.3) is 0 Å². The zero-order chi connectivity index (χ0) is 21.0. The average Bonchev–Trinajstić information content (AvgIpc) is 2.61. The quantitative estimate of drug-likeness (QED) is 0.610. The fraction of sp³-hybridized carbons (Fsp3) is 0.720. The lowest BCUT2D eigenvalue weighted by atomic mass is 9.43. The number of rotatable bonds is 4. The summed E-state index contributed by atoms with van der Waals surface area (Å²) in [5.41, 5.74) is 7.35. The first-order valence-corrected chi connectivity index (χ1v) is 11.8. The summed E-state index contributed by atoms with van der Waals surface area (Å²) in [6, 6.07) is 7.90. The van der Waals surface area contributed by atoms with Gasteiger partial charge in [-0.1, -0.05) is 13.8 Å². The van der Waals surface area contributed by atoms with Crippen molar-refractivity contribution >= 4 is 11.7 Å². The second-order valence-corrected chi connectivity index (χ2v) is 11.7. The number of urea groups is 1. The van der Waals surface area contributed by atoms with Crippen LogP contribution in [0.2, 0.25) is 0 Å². The van der Waals surface area contributed by atoms with E-state index in [9.17, 15) is 4.79 Å². The zero-order valence-electron chi connectivity index (χ0n) is 18.5. The van der Waals surface area contributed by atoms with E-state index >= 15 is 0 Å². The Labute approximate surface area is 180 Å². The molecule has 0 aromatic heterocycles. The molecule has 1 aromatic rings. The SMILES string of the molecule is CC12CC3CC(C)(C1)CC(NC(=O)NC1CCC(Oc4ccc(N)cc4)CC1)(C3)C2. The Balaban J connectivity index is 1.12. The van der Waals surface area contributed by atoms with E-state index in [0.29, 0.717) is 10.8 Å². The standard InChI is InChI=1S/C25H37N3O2/c1-23-11-17-12-24(2,14-23)16-25(13-17,15-23)28-22(29)27-19-5-9-21(10-6-19)30-20-7-3-18(26)4-8-20/h3-4,7-8,17,19,21H,5-6,9-16,26H2,1-2H3,(H2,27,28,29). The van der Waals surface area contributed by atoms with Crippen LogP contribution in [-0.2, 0) is 0 Å². The van der Waals surface area contributed by atoms with Gasteiger partial charge in [-0.15, -0.1) is 0 Å². The molecule has 4 N–H and O–H groups in total. The molecule has 2 amide bonds. The second kappa shape index (κ2) is 7.06. The van der Waals surface area contributed by atoms with Gasteiger partial charge >= 0.3 is 6.03 Å². The van der Waals surface area contributed by atoms with Gasteiger partial charge in [0.2, 0.25) is 0 Å². The van der Waals surface area contributed by atoms with Crippen LogP contribution in [-0.4, -0.2) is 23.7 Å². The predicted molar refractivity (Wildman–Crippen MR) is 119 cm³/mol. The monoisotopic (exact) mass is 411 g/mol. The van der Waals surface area contributed by atoms with Crippen LogP contribution in [0.3, 0.4) is 0 Å². The Morgan fingerprint density at radius 1 is 0.967 bits per heavy atom. The molecule has 30 heavy (non-hydrogen) atoms. The van der Waals surface area contributed by atoms with Crippen molar-refractivity contribution in [1.29, 1.82) is 0 Å². The Morgan fingerprint density at radius 3 is 2.20 bits per heavy atom. The van der Waals surface area contributed by atoms with Gasteiger partial charge in [0.15, 0.2) is 0 Å². The summed E-state index contributed by atoms with van der Waals surface area (Å²) >= 11 is 0. The van der Waals surface area contributed by atoms with Gasteiger partial charge in [0.1, 0.15) is 5.75 Å². The van der Waals surface area contributed by atoms with E-state index in [0.717, 1.165) is 55.9 Å². The Bertz CT molecular complexity index is 781. The predicted octanol–water partition coefficient (Wildman–Crippen LogP) is 5.01. The van der Waals surface area contributed by atoms with E-state index in [-0.39, 0.29) is 23.7 Å². The van der Waals surface area contributed by atoms with Crippen molar-refractivity contribution in [2.45, 2.75) is 95.7 Å². The van der Waals surface area contributed by atoms with Crippen molar-refractivity contribution < 1.29 is 9.53 Å². The first-order valence-electron chi connectivity index (χ1n) is 11.8. The number of carbonyl (C=O) groups excluding carboxylic acids is 1. The van der Waals surface area contributed by atoms with Gasteiger partial charge in [-0.05, 0) is 105 Å². The molecule has 5 aliphatic rings. The van der Waals surface area contributed by atoms with Crippen LogP contribution in [0.15, 0.2) is 24.3 Å². The van der Waals surface area contributed by atoms with E-state index in [4.69, 9.17) is 10.5 Å². The first kappa shape index (κ1) is 20.0. The van der Waals surface area contributed by atoms with Gasteiger partial charge in [0, 0.05) is 17.3 Å². The summed E-state index contributed by atoms with van der Waals surface area (Å²) in [5, 5.41) is 6.77. The van der Waals surface area contributed by atoms with Gasteiger partial charge in [-0.25, -0.2) is 4.79 Å². The Kier molecular flexibility index (Phi) is 4.71. The molecule has 5 aliphatic carbocycles. The highest BCUT2D eigenvalue weighted by molar-refractivity contribution is 5.75. The molecular formula is C25H37N3O2. The molecule has 164 valence electrons. The van der Waals surface area contributed by atoms with Crippen LogP contribution in [0.5, 0.6) is 5.75 Å². The number of benzene rings is 1. The highest BCUT2D eigenvalue weighted by Gasteiger charge is 2.60. The lowest BCUT2D eigenvalue weighted by molar-refractivity contribution is -0.113. The largest absolute Gasteiger partial charge is 0.490 e. The van der Waals surface area contributed by atoms with Crippen molar-refractivity contribution in [3.63, 3.8) is 0 Å². The summed E-state index contributed by atoms with van der Waals surface area (Å²) in [7, 11) is 0. The van der Waals surface area contributed by atoms with Crippen molar-refractivity contribution in [3.05, 3.63) is 24.3 Å². The van der Waals surface area contributed by atoms with Crippen LogP contribution in [0.1, 0.15) is 78.1 Å². The van der Waals surface area contributed by atoms with Crippen molar-refractivity contribution in [2.24, 2.45) is 16.7 Å². The van der Waals surface area contributed by atoms with Gasteiger partial charge in [0.05, 0.1) is 6.10 Å². The smallest absolute Gasteiger partial charge is 0.315 e. The van der Waals surface area contributed by atoms with Gasteiger partial charge in [-0.3, -0.25) is 0 Å². The molecule has 4 bridgehead atoms. The number of ether oxygens (including phenoxy) is 1. The number of anilines is 1. The fourth-order valence-electron chi connectivity index (χ4n) is 8.11. The van der Waals surface area contributed by atoms with Crippen LogP contribution in [0.4, 0.5) is 10.5 Å². The summed E-state index contributed by atoms with van der Waals surface area (Å²) < 4.78 is 6.09. The molecule has 2 atom stereocenters. The Hall–Kier alpha value is -1.91. The number of nitrogens with two attached hydrogens (primary N) is 1. The molecule has 1 aromatic carbocycles. The maximum atomic E-state index is 12.9. The minimum atomic E-state index is 0.0163. The van der Waals surface area contributed by atoms with Crippen LogP contribution in [0, 0.1) is 16.7 Å². The minimum Gasteiger partial charge on any atom is -0.490 e. The maximum absolute atomic E-state index is 12.9. The highest BCUT2D eigenvalue weighted by Crippen LogP contribution is 2.66. The normalized spacial score (nSPS) is 42.0. The number of nitrogens with one attached hydrogen (secondary N) is 2. The summed E-state index contributed by atoms with van der Waals surface area (Å²) in [5.74, 6) is 1.67. The highest BCUT2D eigenvalue weighted by atomic mass is 16.5. The third-order valence-electron chi connectivity index (χ3n) is 8.20. The van der Waals surface area contributed by atoms with E-state index < -0.39 is 0 Å². The number of nitrogen functional groups attached to an aromatic ring is 1. The lowest BCUT2D eigenvalue weighted by Crippen LogP contribution is -2.66. The third kappa shape index (κ3) is 4.00. The third-order valence-corrected chi connectivity index (χ3v) is 8.20. The Morgan fingerprint density at radius 2 is 1.60 bits per heavy atom. The molecule has 0 heterocycles. The molecule has 0 radical (unpaired) electrons. The summed E-state index contributed by atoms with van der Waals surface area (Å²) in [6.45, 7) is 4.90.